The van der Waals surface area contributed by atoms with Crippen molar-refractivity contribution in [1.29, 1.82) is 0 Å². The Bertz CT molecular complexity index is 793. The van der Waals surface area contributed by atoms with Crippen molar-refractivity contribution in [3.8, 4) is 17.2 Å². The average molecular weight is 495 g/mol. The zero-order chi connectivity index (χ0) is 18.5. The van der Waals surface area contributed by atoms with Crippen molar-refractivity contribution in [3.05, 3.63) is 54.1 Å². The molecule has 0 amide bonds. The van der Waals surface area contributed by atoms with Crippen LogP contribution in [0.3, 0.4) is 0 Å². The molecular formula is C21H26IN3O3. The van der Waals surface area contributed by atoms with Gasteiger partial charge in [0.2, 0.25) is 6.79 Å². The lowest BCUT2D eigenvalue weighted by Gasteiger charge is -2.34. The van der Waals surface area contributed by atoms with E-state index in [1.165, 1.54) is 0 Å². The number of hydrogen-bond acceptors (Lipinski definition) is 4. The SMILES string of the molecule is CN=C(NCc1ccc2c(c1)OCO2)N1CCC(Oc2ccccc2)CC1.I. The lowest BCUT2D eigenvalue weighted by molar-refractivity contribution is 0.129. The molecule has 1 saturated heterocycles. The number of piperidine rings is 1. The molecule has 0 atom stereocenters. The zero-order valence-electron chi connectivity index (χ0n) is 16.0. The Hall–Kier alpha value is -2.16. The fourth-order valence-electron chi connectivity index (χ4n) is 3.44. The van der Waals surface area contributed by atoms with Gasteiger partial charge < -0.3 is 24.4 Å². The van der Waals surface area contributed by atoms with Crippen LogP contribution in [0, 0.1) is 0 Å². The molecule has 0 spiro atoms. The first kappa shape index (κ1) is 20.6. The molecule has 2 aliphatic heterocycles. The number of fused-ring (bicyclic) bond motifs is 1. The molecule has 0 aliphatic carbocycles. The Morgan fingerprint density at radius 2 is 1.86 bits per heavy atom. The van der Waals surface area contributed by atoms with Gasteiger partial charge in [0.15, 0.2) is 17.5 Å². The fourth-order valence-corrected chi connectivity index (χ4v) is 3.44. The van der Waals surface area contributed by atoms with Crippen molar-refractivity contribution in [2.45, 2.75) is 25.5 Å². The summed E-state index contributed by atoms with van der Waals surface area (Å²) in [4.78, 5) is 6.73. The first-order valence-corrected chi connectivity index (χ1v) is 9.37. The Balaban J connectivity index is 0.00000225. The van der Waals surface area contributed by atoms with Crippen LogP contribution in [0.5, 0.6) is 17.2 Å². The fraction of sp³-hybridized carbons (Fsp3) is 0.381. The van der Waals surface area contributed by atoms with Crippen molar-refractivity contribution < 1.29 is 14.2 Å². The molecule has 0 aromatic heterocycles. The molecule has 0 radical (unpaired) electrons. The van der Waals surface area contributed by atoms with E-state index in [9.17, 15) is 0 Å². The maximum absolute atomic E-state index is 6.08. The second-order valence-electron chi connectivity index (χ2n) is 6.71. The zero-order valence-corrected chi connectivity index (χ0v) is 18.3. The Morgan fingerprint density at radius 3 is 2.61 bits per heavy atom. The summed E-state index contributed by atoms with van der Waals surface area (Å²) in [6.07, 6.45) is 2.23. The number of halogens is 1. The van der Waals surface area contributed by atoms with Crippen molar-refractivity contribution in [3.63, 3.8) is 0 Å². The first-order chi connectivity index (χ1) is 13.3. The number of nitrogens with one attached hydrogen (secondary N) is 1. The molecule has 150 valence electrons. The second kappa shape index (κ2) is 9.86. The number of guanidine groups is 1. The lowest BCUT2D eigenvalue weighted by atomic mass is 10.1. The largest absolute Gasteiger partial charge is 0.490 e. The summed E-state index contributed by atoms with van der Waals surface area (Å²) >= 11 is 0. The van der Waals surface area contributed by atoms with Crippen molar-refractivity contribution >= 4 is 29.9 Å². The normalized spacial score (nSPS) is 16.5. The number of para-hydroxylation sites is 1. The summed E-state index contributed by atoms with van der Waals surface area (Å²) in [7, 11) is 1.83. The number of nitrogens with zero attached hydrogens (tertiary/aromatic N) is 2. The standard InChI is InChI=1S/C21H25N3O3.HI/c1-22-21(23-14-16-7-8-19-20(13-16)26-15-25-19)24-11-9-18(10-12-24)27-17-5-3-2-4-6-17;/h2-8,13,18H,9-12,14-15H2,1H3,(H,22,23);1H. The number of likely N-dealkylation sites (tertiary alicyclic amines) is 1. The molecule has 1 fully saturated rings. The van der Waals surface area contributed by atoms with Gasteiger partial charge in [0.05, 0.1) is 0 Å². The lowest BCUT2D eigenvalue weighted by Crippen LogP contribution is -2.47. The van der Waals surface area contributed by atoms with Gasteiger partial charge in [-0.25, -0.2) is 0 Å². The summed E-state index contributed by atoms with van der Waals surface area (Å²) in [6, 6.07) is 16.1. The third-order valence-corrected chi connectivity index (χ3v) is 4.89. The Kier molecular flexibility index (Phi) is 7.24. The summed E-state index contributed by atoms with van der Waals surface area (Å²) in [5.41, 5.74) is 1.14. The molecule has 0 unspecified atom stereocenters. The predicted octanol–water partition coefficient (Wildman–Crippen LogP) is 3.65. The van der Waals surface area contributed by atoms with E-state index in [0.717, 1.165) is 54.7 Å². The van der Waals surface area contributed by atoms with Gasteiger partial charge in [-0.05, 0) is 29.8 Å². The number of benzene rings is 2. The molecule has 4 rings (SSSR count). The van der Waals surface area contributed by atoms with Gasteiger partial charge in [-0.2, -0.15) is 0 Å². The molecule has 0 saturated carbocycles. The van der Waals surface area contributed by atoms with Crippen LogP contribution in [0.15, 0.2) is 53.5 Å². The van der Waals surface area contributed by atoms with Gasteiger partial charge in [-0.3, -0.25) is 4.99 Å². The van der Waals surface area contributed by atoms with Crippen molar-refractivity contribution in [2.24, 2.45) is 4.99 Å². The molecule has 7 heteroatoms. The summed E-state index contributed by atoms with van der Waals surface area (Å²) in [5, 5.41) is 3.45. The van der Waals surface area contributed by atoms with Crippen LogP contribution in [-0.4, -0.2) is 43.9 Å². The Morgan fingerprint density at radius 1 is 1.11 bits per heavy atom. The maximum Gasteiger partial charge on any atom is 0.231 e. The summed E-state index contributed by atoms with van der Waals surface area (Å²) < 4.78 is 16.9. The van der Waals surface area contributed by atoms with Crippen LogP contribution in [0.1, 0.15) is 18.4 Å². The number of ether oxygens (including phenoxy) is 3. The maximum atomic E-state index is 6.08. The highest BCUT2D eigenvalue weighted by Gasteiger charge is 2.23. The van der Waals surface area contributed by atoms with Crippen LogP contribution >= 0.6 is 24.0 Å². The average Bonchev–Trinajstić information content (AvgIpc) is 3.18. The number of hydrogen-bond donors (Lipinski definition) is 1. The highest BCUT2D eigenvalue weighted by molar-refractivity contribution is 14.0. The van der Waals surface area contributed by atoms with Crippen LogP contribution in [0.4, 0.5) is 0 Å². The minimum absolute atomic E-state index is 0. The first-order valence-electron chi connectivity index (χ1n) is 9.37. The van der Waals surface area contributed by atoms with Crippen LogP contribution in [-0.2, 0) is 6.54 Å². The summed E-state index contributed by atoms with van der Waals surface area (Å²) in [5.74, 6) is 3.49. The van der Waals surface area contributed by atoms with Gasteiger partial charge in [-0.15, -0.1) is 24.0 Å². The molecular weight excluding hydrogens is 469 g/mol. The molecule has 0 bridgehead atoms. The highest BCUT2D eigenvalue weighted by atomic mass is 127. The van der Waals surface area contributed by atoms with Crippen LogP contribution in [0.25, 0.3) is 0 Å². The van der Waals surface area contributed by atoms with E-state index in [2.05, 4.69) is 15.2 Å². The molecule has 2 aromatic rings. The third kappa shape index (κ3) is 5.01. The van der Waals surface area contributed by atoms with E-state index >= 15 is 0 Å². The minimum atomic E-state index is 0. The van der Waals surface area contributed by atoms with Crippen LogP contribution in [0.2, 0.25) is 0 Å². The second-order valence-corrected chi connectivity index (χ2v) is 6.71. The smallest absolute Gasteiger partial charge is 0.231 e. The van der Waals surface area contributed by atoms with Gasteiger partial charge in [-0.1, -0.05) is 24.3 Å². The van der Waals surface area contributed by atoms with Crippen molar-refractivity contribution in [1.82, 2.24) is 10.2 Å². The van der Waals surface area contributed by atoms with Gasteiger partial charge in [0.25, 0.3) is 0 Å². The molecule has 2 heterocycles. The van der Waals surface area contributed by atoms with Crippen LogP contribution < -0.4 is 19.5 Å². The third-order valence-electron chi connectivity index (χ3n) is 4.89. The van der Waals surface area contributed by atoms with E-state index in [1.54, 1.807) is 0 Å². The van der Waals surface area contributed by atoms with E-state index in [-0.39, 0.29) is 30.1 Å². The summed E-state index contributed by atoms with van der Waals surface area (Å²) in [6.45, 7) is 2.86. The van der Waals surface area contributed by atoms with Gasteiger partial charge in [0, 0.05) is 39.5 Å². The van der Waals surface area contributed by atoms with E-state index in [0.29, 0.717) is 13.3 Å². The molecule has 2 aromatic carbocycles. The van der Waals surface area contributed by atoms with Gasteiger partial charge in [0.1, 0.15) is 11.9 Å². The number of aliphatic imine (C=N–C) groups is 1. The van der Waals surface area contributed by atoms with Crippen molar-refractivity contribution in [2.75, 3.05) is 26.9 Å². The Labute approximate surface area is 182 Å². The van der Waals surface area contributed by atoms with E-state index < -0.39 is 0 Å². The molecule has 2 aliphatic rings. The predicted molar refractivity (Wildman–Crippen MR) is 120 cm³/mol. The quantitative estimate of drug-likeness (QED) is 0.399. The van der Waals surface area contributed by atoms with E-state index in [1.807, 2.05) is 55.6 Å². The monoisotopic (exact) mass is 495 g/mol. The molecule has 1 N–H and O–H groups in total. The van der Waals surface area contributed by atoms with E-state index in [4.69, 9.17) is 14.2 Å². The molecule has 6 nitrogen and oxygen atoms in total. The number of rotatable bonds is 4. The highest BCUT2D eigenvalue weighted by Crippen LogP contribution is 2.32. The minimum Gasteiger partial charge on any atom is -0.490 e. The molecule has 28 heavy (non-hydrogen) atoms. The topological polar surface area (TPSA) is 55.3 Å². The van der Waals surface area contributed by atoms with Gasteiger partial charge >= 0.3 is 0 Å².